The lowest BCUT2D eigenvalue weighted by Gasteiger charge is -2.21. The molecule has 17 heavy (non-hydrogen) atoms. The number of ether oxygens (including phenoxy) is 1. The summed E-state index contributed by atoms with van der Waals surface area (Å²) in [6.07, 6.45) is 3.39. The number of amides is 1. The molecule has 0 heterocycles. The predicted octanol–water partition coefficient (Wildman–Crippen LogP) is 1.52. The Bertz CT molecular complexity index is 221. The minimum absolute atomic E-state index is 0.301. The first-order valence-electron chi connectivity index (χ1n) is 6.10. The smallest absolute Gasteiger partial charge is 0.312 e. The van der Waals surface area contributed by atoms with Gasteiger partial charge in [0.25, 0.3) is 0 Å². The number of unbranched alkanes of at least 4 members (excludes halogenated alkanes) is 2. The van der Waals surface area contributed by atoms with Crippen LogP contribution in [-0.4, -0.2) is 48.7 Å². The van der Waals surface area contributed by atoms with Crippen molar-refractivity contribution in [2.24, 2.45) is 0 Å². The van der Waals surface area contributed by atoms with Gasteiger partial charge in [0.15, 0.2) is 0 Å². The van der Waals surface area contributed by atoms with Crippen molar-refractivity contribution in [3.63, 3.8) is 0 Å². The summed E-state index contributed by atoms with van der Waals surface area (Å²) in [5.41, 5.74) is 0. The normalized spacial score (nSPS) is 10.2. The number of aliphatic carboxylic acids is 1. The van der Waals surface area contributed by atoms with Crippen LogP contribution in [-0.2, 0) is 14.3 Å². The fraction of sp³-hybridized carbons (Fsp3) is 0.833. The van der Waals surface area contributed by atoms with Gasteiger partial charge in [-0.3, -0.25) is 9.59 Å². The van der Waals surface area contributed by atoms with Crippen LogP contribution in [0, 0.1) is 0 Å². The minimum Gasteiger partial charge on any atom is -0.481 e. The maximum Gasteiger partial charge on any atom is 0.312 e. The molecule has 0 radical (unpaired) electrons. The molecule has 0 saturated heterocycles. The molecule has 0 spiro atoms. The zero-order valence-corrected chi connectivity index (χ0v) is 10.8. The van der Waals surface area contributed by atoms with Gasteiger partial charge in [-0.05, 0) is 12.8 Å². The first-order valence-corrected chi connectivity index (χ1v) is 6.10. The predicted molar refractivity (Wildman–Crippen MR) is 64.9 cm³/mol. The number of carbonyl (C=O) groups is 2. The summed E-state index contributed by atoms with van der Waals surface area (Å²) in [4.78, 5) is 23.8. The molecule has 0 rings (SSSR count). The summed E-state index contributed by atoms with van der Waals surface area (Å²) in [7, 11) is 1.61. The van der Waals surface area contributed by atoms with Gasteiger partial charge in [-0.25, -0.2) is 0 Å². The molecule has 5 heteroatoms. The lowest BCUT2D eigenvalue weighted by Crippen LogP contribution is -2.34. The Morgan fingerprint density at radius 3 is 2.35 bits per heavy atom. The molecule has 0 fully saturated rings. The number of carbonyl (C=O) groups excluding carboxylic acids is 1. The molecular weight excluding hydrogens is 222 g/mol. The summed E-state index contributed by atoms with van der Waals surface area (Å²) in [6.45, 7) is 3.90. The maximum atomic E-state index is 11.6. The number of nitrogens with zero attached hydrogens (tertiary/aromatic N) is 1. The molecule has 0 aromatic carbocycles. The highest BCUT2D eigenvalue weighted by Crippen LogP contribution is 2.02. The highest BCUT2D eigenvalue weighted by Gasteiger charge is 2.15. The number of hydrogen-bond acceptors (Lipinski definition) is 3. The number of hydrogen-bond donors (Lipinski definition) is 1. The van der Waals surface area contributed by atoms with Gasteiger partial charge < -0.3 is 14.7 Å². The van der Waals surface area contributed by atoms with Gasteiger partial charge in [-0.2, -0.15) is 0 Å². The summed E-state index contributed by atoms with van der Waals surface area (Å²) in [6, 6.07) is 0. The molecule has 0 bridgehead atoms. The van der Waals surface area contributed by atoms with Crippen molar-refractivity contribution in [2.75, 3.05) is 26.8 Å². The van der Waals surface area contributed by atoms with Gasteiger partial charge in [0.1, 0.15) is 6.42 Å². The number of rotatable bonds is 10. The Balaban J connectivity index is 4.07. The fourth-order valence-corrected chi connectivity index (χ4v) is 1.55. The number of methoxy groups -OCH3 is 1. The summed E-state index contributed by atoms with van der Waals surface area (Å²) >= 11 is 0. The SMILES string of the molecule is CCCCCN(CCCOC)C(=O)CC(=O)O. The maximum absolute atomic E-state index is 11.6. The van der Waals surface area contributed by atoms with E-state index in [1.54, 1.807) is 12.0 Å². The molecule has 1 N–H and O–H groups in total. The van der Waals surface area contributed by atoms with Crippen LogP contribution in [0.25, 0.3) is 0 Å². The second-order valence-corrected chi connectivity index (χ2v) is 4.00. The van der Waals surface area contributed by atoms with Crippen molar-refractivity contribution in [3.05, 3.63) is 0 Å². The monoisotopic (exact) mass is 245 g/mol. The van der Waals surface area contributed by atoms with Crippen LogP contribution >= 0.6 is 0 Å². The van der Waals surface area contributed by atoms with E-state index in [1.165, 1.54) is 0 Å². The third kappa shape index (κ3) is 8.68. The first-order chi connectivity index (χ1) is 8.11. The van der Waals surface area contributed by atoms with Crippen LogP contribution in [0.5, 0.6) is 0 Å². The molecule has 0 aliphatic carbocycles. The lowest BCUT2D eigenvalue weighted by molar-refractivity contribution is -0.144. The highest BCUT2D eigenvalue weighted by molar-refractivity contribution is 5.93. The van der Waals surface area contributed by atoms with Gasteiger partial charge in [0.05, 0.1) is 0 Å². The van der Waals surface area contributed by atoms with E-state index < -0.39 is 12.4 Å². The van der Waals surface area contributed by atoms with E-state index >= 15 is 0 Å². The van der Waals surface area contributed by atoms with Crippen LogP contribution in [0.4, 0.5) is 0 Å². The molecule has 0 aromatic heterocycles. The average Bonchev–Trinajstić information content (AvgIpc) is 2.26. The van der Waals surface area contributed by atoms with E-state index in [0.717, 1.165) is 25.7 Å². The van der Waals surface area contributed by atoms with E-state index in [-0.39, 0.29) is 5.91 Å². The van der Waals surface area contributed by atoms with Crippen LogP contribution in [0.1, 0.15) is 39.0 Å². The Hall–Kier alpha value is -1.10. The third-order valence-electron chi connectivity index (χ3n) is 2.46. The number of carboxylic acids is 1. The van der Waals surface area contributed by atoms with Crippen molar-refractivity contribution < 1.29 is 19.4 Å². The lowest BCUT2D eigenvalue weighted by atomic mass is 10.2. The molecule has 0 unspecified atom stereocenters. The van der Waals surface area contributed by atoms with E-state index in [4.69, 9.17) is 9.84 Å². The van der Waals surface area contributed by atoms with Crippen LogP contribution < -0.4 is 0 Å². The molecule has 100 valence electrons. The zero-order chi connectivity index (χ0) is 13.1. The molecular formula is C12H23NO4. The topological polar surface area (TPSA) is 66.8 Å². The second kappa shape index (κ2) is 10.1. The summed E-state index contributed by atoms with van der Waals surface area (Å²) in [5.74, 6) is -1.37. The van der Waals surface area contributed by atoms with Crippen LogP contribution in [0.2, 0.25) is 0 Å². The average molecular weight is 245 g/mol. The molecule has 0 aromatic rings. The standard InChI is InChI=1S/C12H23NO4/c1-3-4-5-7-13(8-6-9-17-2)11(14)10-12(15)16/h3-10H2,1-2H3,(H,15,16). The first kappa shape index (κ1) is 15.9. The summed E-state index contributed by atoms with van der Waals surface area (Å²) < 4.78 is 4.92. The van der Waals surface area contributed by atoms with Gasteiger partial charge in [-0.1, -0.05) is 19.8 Å². The Kier molecular flexibility index (Phi) is 9.43. The van der Waals surface area contributed by atoms with Crippen molar-refractivity contribution in [3.8, 4) is 0 Å². The van der Waals surface area contributed by atoms with Crippen molar-refractivity contribution >= 4 is 11.9 Å². The van der Waals surface area contributed by atoms with E-state index in [1.807, 2.05) is 0 Å². The third-order valence-corrected chi connectivity index (χ3v) is 2.46. The van der Waals surface area contributed by atoms with Crippen LogP contribution in [0.3, 0.4) is 0 Å². The largest absolute Gasteiger partial charge is 0.481 e. The quantitative estimate of drug-likeness (QED) is 0.468. The fourth-order valence-electron chi connectivity index (χ4n) is 1.55. The van der Waals surface area contributed by atoms with E-state index in [9.17, 15) is 9.59 Å². The van der Waals surface area contributed by atoms with Gasteiger partial charge >= 0.3 is 5.97 Å². The van der Waals surface area contributed by atoms with Gasteiger partial charge in [0.2, 0.25) is 5.91 Å². The highest BCUT2D eigenvalue weighted by atomic mass is 16.5. The second-order valence-electron chi connectivity index (χ2n) is 4.00. The molecule has 0 aliphatic heterocycles. The Labute approximate surface area is 103 Å². The van der Waals surface area contributed by atoms with Crippen molar-refractivity contribution in [2.45, 2.75) is 39.0 Å². The minimum atomic E-state index is -1.07. The molecule has 5 nitrogen and oxygen atoms in total. The Morgan fingerprint density at radius 1 is 1.18 bits per heavy atom. The summed E-state index contributed by atoms with van der Waals surface area (Å²) in [5, 5.41) is 8.60. The zero-order valence-electron chi connectivity index (χ0n) is 10.8. The van der Waals surface area contributed by atoms with E-state index in [2.05, 4.69) is 6.92 Å². The van der Waals surface area contributed by atoms with Crippen molar-refractivity contribution in [1.82, 2.24) is 4.90 Å². The van der Waals surface area contributed by atoms with E-state index in [0.29, 0.717) is 19.7 Å². The molecule has 0 saturated carbocycles. The molecule has 0 aliphatic rings. The van der Waals surface area contributed by atoms with Gasteiger partial charge in [0, 0.05) is 26.8 Å². The Morgan fingerprint density at radius 2 is 1.82 bits per heavy atom. The molecule has 0 atom stereocenters. The van der Waals surface area contributed by atoms with Crippen LogP contribution in [0.15, 0.2) is 0 Å². The molecule has 1 amide bonds. The van der Waals surface area contributed by atoms with Crippen molar-refractivity contribution in [1.29, 1.82) is 0 Å². The number of carboxylic acid groups (broad SMARTS) is 1. The van der Waals surface area contributed by atoms with Gasteiger partial charge in [-0.15, -0.1) is 0 Å².